The number of fused-ring (bicyclic) bond motifs is 1. The molecule has 1 N–H and O–H groups in total. The summed E-state index contributed by atoms with van der Waals surface area (Å²) < 4.78 is 33.7. The highest BCUT2D eigenvalue weighted by molar-refractivity contribution is 7.89. The van der Waals surface area contributed by atoms with Crippen molar-refractivity contribution in [2.45, 2.75) is 31.6 Å². The molecular formula is C18H27N3O3S. The lowest BCUT2D eigenvalue weighted by molar-refractivity contribution is 0.333. The van der Waals surface area contributed by atoms with Crippen LogP contribution in [0, 0.1) is 0 Å². The number of nitrogens with zero attached hydrogens (tertiary/aromatic N) is 2. The zero-order chi connectivity index (χ0) is 18.3. The molecule has 1 heterocycles. The first-order chi connectivity index (χ1) is 12.0. The van der Waals surface area contributed by atoms with Crippen LogP contribution in [0.2, 0.25) is 0 Å². The summed E-state index contributed by atoms with van der Waals surface area (Å²) in [5.74, 6) is 0.594. The van der Waals surface area contributed by atoms with E-state index in [4.69, 9.17) is 4.74 Å². The number of unbranched alkanes of at least 4 members (excludes halogenated alkanes) is 1. The lowest BCUT2D eigenvalue weighted by atomic mass is 10.2. The summed E-state index contributed by atoms with van der Waals surface area (Å²) in [6.07, 6.45) is 3.87. The van der Waals surface area contributed by atoms with Crippen molar-refractivity contribution in [3.63, 3.8) is 0 Å². The van der Waals surface area contributed by atoms with Crippen molar-refractivity contribution >= 4 is 20.9 Å². The van der Waals surface area contributed by atoms with Gasteiger partial charge in [0.25, 0.3) is 0 Å². The summed E-state index contributed by atoms with van der Waals surface area (Å²) in [7, 11) is -1.61. The summed E-state index contributed by atoms with van der Waals surface area (Å²) in [5, 5.41) is 0.570. The topological polar surface area (TPSA) is 71.5 Å². The van der Waals surface area contributed by atoms with E-state index in [2.05, 4.69) is 21.5 Å². The molecule has 0 saturated carbocycles. The fraction of sp³-hybridized carbons (Fsp3) is 0.500. The molecule has 7 heteroatoms. The molecular weight excluding hydrogens is 338 g/mol. The number of pyridine rings is 1. The highest BCUT2D eigenvalue weighted by Crippen LogP contribution is 2.29. The van der Waals surface area contributed by atoms with Crippen LogP contribution in [0.15, 0.2) is 35.4 Å². The first-order valence-electron chi connectivity index (χ1n) is 8.68. The number of nitrogens with one attached hydrogen (secondary N) is 1. The minimum absolute atomic E-state index is 0.232. The van der Waals surface area contributed by atoms with E-state index < -0.39 is 10.0 Å². The van der Waals surface area contributed by atoms with Crippen LogP contribution in [0.25, 0.3) is 10.9 Å². The zero-order valence-electron chi connectivity index (χ0n) is 15.2. The Balaban J connectivity index is 2.18. The SMILES string of the molecule is CCCCN(C)CCNS(=O)(=O)c1ccc(OCC)c2ncccc12. The molecule has 25 heavy (non-hydrogen) atoms. The predicted octanol–water partition coefficient (Wildman–Crippen LogP) is 2.64. The minimum Gasteiger partial charge on any atom is -0.492 e. The van der Waals surface area contributed by atoms with Gasteiger partial charge in [0, 0.05) is 24.7 Å². The highest BCUT2D eigenvalue weighted by Gasteiger charge is 2.19. The molecule has 0 spiro atoms. The van der Waals surface area contributed by atoms with Gasteiger partial charge in [-0.25, -0.2) is 13.1 Å². The van der Waals surface area contributed by atoms with Gasteiger partial charge < -0.3 is 9.64 Å². The molecule has 0 saturated heterocycles. The summed E-state index contributed by atoms with van der Waals surface area (Å²) >= 11 is 0. The second-order valence-electron chi connectivity index (χ2n) is 5.95. The van der Waals surface area contributed by atoms with Crippen molar-refractivity contribution in [3.05, 3.63) is 30.5 Å². The van der Waals surface area contributed by atoms with E-state index in [9.17, 15) is 8.42 Å². The van der Waals surface area contributed by atoms with Gasteiger partial charge in [0.05, 0.1) is 11.5 Å². The van der Waals surface area contributed by atoms with E-state index >= 15 is 0 Å². The monoisotopic (exact) mass is 365 g/mol. The largest absolute Gasteiger partial charge is 0.492 e. The molecule has 0 amide bonds. The Bertz CT molecular complexity index is 793. The lowest BCUT2D eigenvalue weighted by Crippen LogP contribution is -2.33. The maximum atomic E-state index is 12.7. The molecule has 0 fully saturated rings. The summed E-state index contributed by atoms with van der Waals surface area (Å²) in [6.45, 7) is 6.54. The Labute approximate surface area is 150 Å². The molecule has 2 aromatic rings. The third-order valence-corrected chi connectivity index (χ3v) is 5.48. The number of hydrogen-bond donors (Lipinski definition) is 1. The van der Waals surface area contributed by atoms with Gasteiger partial charge in [-0.3, -0.25) is 4.98 Å². The smallest absolute Gasteiger partial charge is 0.241 e. The van der Waals surface area contributed by atoms with Crippen LogP contribution in [-0.2, 0) is 10.0 Å². The van der Waals surface area contributed by atoms with Crippen LogP contribution in [0.4, 0.5) is 0 Å². The quantitative estimate of drug-likeness (QED) is 0.701. The molecule has 6 nitrogen and oxygen atoms in total. The minimum atomic E-state index is -3.61. The number of likely N-dealkylation sites (N-methyl/N-ethyl adjacent to an activating group) is 1. The summed E-state index contributed by atoms with van der Waals surface area (Å²) in [4.78, 5) is 6.65. The van der Waals surface area contributed by atoms with Gasteiger partial charge in [0.2, 0.25) is 10.0 Å². The number of benzene rings is 1. The Morgan fingerprint density at radius 1 is 1.20 bits per heavy atom. The summed E-state index contributed by atoms with van der Waals surface area (Å²) in [5.41, 5.74) is 0.562. The van der Waals surface area contributed by atoms with Crippen LogP contribution in [-0.4, -0.2) is 51.6 Å². The van der Waals surface area contributed by atoms with Crippen LogP contribution in [0.1, 0.15) is 26.7 Å². The maximum absolute atomic E-state index is 12.7. The zero-order valence-corrected chi connectivity index (χ0v) is 16.0. The Morgan fingerprint density at radius 3 is 2.72 bits per heavy atom. The fourth-order valence-electron chi connectivity index (χ4n) is 2.62. The predicted molar refractivity (Wildman–Crippen MR) is 101 cm³/mol. The average molecular weight is 365 g/mol. The van der Waals surface area contributed by atoms with E-state index in [-0.39, 0.29) is 4.90 Å². The number of rotatable bonds is 10. The number of hydrogen-bond acceptors (Lipinski definition) is 5. The average Bonchev–Trinajstić information content (AvgIpc) is 2.60. The number of aromatic nitrogens is 1. The van der Waals surface area contributed by atoms with Crippen molar-refractivity contribution in [1.82, 2.24) is 14.6 Å². The van der Waals surface area contributed by atoms with E-state index in [1.54, 1.807) is 30.5 Å². The van der Waals surface area contributed by atoms with Gasteiger partial charge in [0.15, 0.2) is 0 Å². The third kappa shape index (κ3) is 5.14. The molecule has 1 aromatic heterocycles. The summed E-state index contributed by atoms with van der Waals surface area (Å²) in [6, 6.07) is 6.74. The Morgan fingerprint density at radius 2 is 2.00 bits per heavy atom. The number of ether oxygens (including phenoxy) is 1. The molecule has 2 rings (SSSR count). The van der Waals surface area contributed by atoms with E-state index in [1.165, 1.54) is 0 Å². The highest BCUT2D eigenvalue weighted by atomic mass is 32.2. The van der Waals surface area contributed by atoms with Crippen molar-refractivity contribution in [3.8, 4) is 5.75 Å². The molecule has 0 unspecified atom stereocenters. The maximum Gasteiger partial charge on any atom is 0.241 e. The normalized spacial score (nSPS) is 12.0. The van der Waals surface area contributed by atoms with Crippen molar-refractivity contribution < 1.29 is 13.2 Å². The van der Waals surface area contributed by atoms with Gasteiger partial charge in [0.1, 0.15) is 11.3 Å². The molecule has 1 aromatic carbocycles. The Kier molecular flexibility index (Phi) is 7.16. The van der Waals surface area contributed by atoms with Gasteiger partial charge >= 0.3 is 0 Å². The van der Waals surface area contributed by atoms with Gasteiger partial charge in [-0.15, -0.1) is 0 Å². The van der Waals surface area contributed by atoms with Crippen LogP contribution >= 0.6 is 0 Å². The van der Waals surface area contributed by atoms with Crippen LogP contribution < -0.4 is 9.46 Å². The van der Waals surface area contributed by atoms with Gasteiger partial charge in [-0.05, 0) is 51.2 Å². The number of sulfonamides is 1. The van der Waals surface area contributed by atoms with Crippen LogP contribution in [0.3, 0.4) is 0 Å². The second-order valence-corrected chi connectivity index (χ2v) is 7.68. The molecule has 0 radical (unpaired) electrons. The van der Waals surface area contributed by atoms with Crippen molar-refractivity contribution in [2.75, 3.05) is 33.3 Å². The van der Waals surface area contributed by atoms with E-state index in [1.807, 2.05) is 14.0 Å². The molecule has 0 bridgehead atoms. The molecule has 0 aliphatic heterocycles. The third-order valence-electron chi connectivity index (χ3n) is 3.96. The van der Waals surface area contributed by atoms with Gasteiger partial charge in [-0.1, -0.05) is 13.3 Å². The first-order valence-corrected chi connectivity index (χ1v) is 10.2. The Hall–Kier alpha value is -1.70. The van der Waals surface area contributed by atoms with E-state index in [0.717, 1.165) is 19.4 Å². The lowest BCUT2D eigenvalue weighted by Gasteiger charge is -2.17. The van der Waals surface area contributed by atoms with E-state index in [0.29, 0.717) is 36.3 Å². The van der Waals surface area contributed by atoms with Crippen molar-refractivity contribution in [2.24, 2.45) is 0 Å². The van der Waals surface area contributed by atoms with Crippen LogP contribution in [0.5, 0.6) is 5.75 Å². The standard InChI is InChI=1S/C18H27N3O3S/c1-4-6-13-21(3)14-12-20-25(22,23)17-10-9-16(24-5-2)18-15(17)8-7-11-19-18/h7-11,20H,4-6,12-14H2,1-3H3. The molecule has 0 aliphatic carbocycles. The van der Waals surface area contributed by atoms with Gasteiger partial charge in [-0.2, -0.15) is 0 Å². The second kappa shape index (κ2) is 9.12. The molecule has 0 aliphatic rings. The fourth-order valence-corrected chi connectivity index (χ4v) is 3.83. The van der Waals surface area contributed by atoms with Crippen molar-refractivity contribution in [1.29, 1.82) is 0 Å². The molecule has 138 valence electrons. The first kappa shape index (κ1) is 19.6. The molecule has 0 atom stereocenters.